The zero-order valence-electron chi connectivity index (χ0n) is 12.3. The molecule has 4 nitrogen and oxygen atoms in total. The van der Waals surface area contributed by atoms with Gasteiger partial charge in [0.25, 0.3) is 11.5 Å². The highest BCUT2D eigenvalue weighted by molar-refractivity contribution is 7.19. The second-order valence-electron chi connectivity index (χ2n) is 5.21. The summed E-state index contributed by atoms with van der Waals surface area (Å²) >= 11 is 1.50. The summed E-state index contributed by atoms with van der Waals surface area (Å²) in [4.78, 5) is 25.7. The van der Waals surface area contributed by atoms with Crippen LogP contribution in [0.1, 0.15) is 42.4 Å². The molecule has 0 aromatic carbocycles. The molecule has 5 heteroatoms. The molecule has 0 fully saturated rings. The minimum absolute atomic E-state index is 0.0541. The molecule has 0 saturated carbocycles. The number of hydrogen-bond donors (Lipinski definition) is 1. The van der Waals surface area contributed by atoms with E-state index in [1.165, 1.54) is 11.3 Å². The van der Waals surface area contributed by atoms with Crippen molar-refractivity contribution in [3.63, 3.8) is 0 Å². The number of amides is 1. The number of fused-ring (bicyclic) bond motifs is 1. The Bertz CT molecular complexity index is 698. The van der Waals surface area contributed by atoms with E-state index in [4.69, 9.17) is 0 Å². The summed E-state index contributed by atoms with van der Waals surface area (Å²) < 4.78 is 2.56. The SMILES string of the molecule is CCCn1ccc2sc(C)c(C(=O)NC(C)C)c2c1=O. The highest BCUT2D eigenvalue weighted by Gasteiger charge is 2.20. The fraction of sp³-hybridized carbons (Fsp3) is 0.467. The Morgan fingerprint density at radius 3 is 2.75 bits per heavy atom. The van der Waals surface area contributed by atoms with Crippen molar-refractivity contribution in [3.8, 4) is 0 Å². The first-order valence-corrected chi connectivity index (χ1v) is 7.70. The first-order valence-electron chi connectivity index (χ1n) is 6.89. The highest BCUT2D eigenvalue weighted by atomic mass is 32.1. The molecule has 0 aliphatic rings. The Labute approximate surface area is 122 Å². The largest absolute Gasteiger partial charge is 0.350 e. The molecule has 0 atom stereocenters. The Hall–Kier alpha value is -1.62. The third-order valence-electron chi connectivity index (χ3n) is 3.10. The average Bonchev–Trinajstić information content (AvgIpc) is 2.69. The number of carbonyl (C=O) groups is 1. The minimum atomic E-state index is -0.157. The third-order valence-corrected chi connectivity index (χ3v) is 4.17. The van der Waals surface area contributed by atoms with Crippen molar-refractivity contribution in [1.29, 1.82) is 0 Å². The van der Waals surface area contributed by atoms with Gasteiger partial charge in [0.05, 0.1) is 10.9 Å². The molecule has 0 aliphatic carbocycles. The van der Waals surface area contributed by atoms with Gasteiger partial charge in [-0.15, -0.1) is 11.3 Å². The van der Waals surface area contributed by atoms with E-state index >= 15 is 0 Å². The molecular formula is C15H20N2O2S. The fourth-order valence-corrected chi connectivity index (χ4v) is 3.34. The smallest absolute Gasteiger partial charge is 0.260 e. The second-order valence-corrected chi connectivity index (χ2v) is 6.47. The van der Waals surface area contributed by atoms with Crippen LogP contribution in [0, 0.1) is 6.92 Å². The number of nitrogens with zero attached hydrogens (tertiary/aromatic N) is 1. The predicted molar refractivity (Wildman–Crippen MR) is 83.7 cm³/mol. The summed E-state index contributed by atoms with van der Waals surface area (Å²) in [6.07, 6.45) is 2.70. The highest BCUT2D eigenvalue weighted by Crippen LogP contribution is 2.28. The predicted octanol–water partition coefficient (Wildman–Crippen LogP) is 2.92. The molecular weight excluding hydrogens is 272 g/mol. The van der Waals surface area contributed by atoms with Gasteiger partial charge < -0.3 is 9.88 Å². The molecule has 20 heavy (non-hydrogen) atoms. The van der Waals surface area contributed by atoms with E-state index in [1.807, 2.05) is 40.0 Å². The van der Waals surface area contributed by atoms with Gasteiger partial charge in [-0.25, -0.2) is 0 Å². The Balaban J connectivity index is 2.64. The van der Waals surface area contributed by atoms with Crippen LogP contribution in [0.5, 0.6) is 0 Å². The fourth-order valence-electron chi connectivity index (χ4n) is 2.29. The molecule has 2 aromatic heterocycles. The lowest BCUT2D eigenvalue weighted by molar-refractivity contribution is 0.0944. The molecule has 0 unspecified atom stereocenters. The van der Waals surface area contributed by atoms with Crippen LogP contribution in [0.25, 0.3) is 10.1 Å². The lowest BCUT2D eigenvalue weighted by Crippen LogP contribution is -2.31. The van der Waals surface area contributed by atoms with Crippen LogP contribution < -0.4 is 10.9 Å². The molecule has 108 valence electrons. The Morgan fingerprint density at radius 1 is 1.45 bits per heavy atom. The molecule has 1 N–H and O–H groups in total. The molecule has 0 bridgehead atoms. The normalized spacial score (nSPS) is 11.2. The minimum Gasteiger partial charge on any atom is -0.350 e. The van der Waals surface area contributed by atoms with Gasteiger partial charge in [-0.05, 0) is 33.3 Å². The molecule has 2 heterocycles. The van der Waals surface area contributed by atoms with Crippen LogP contribution in [0.3, 0.4) is 0 Å². The lowest BCUT2D eigenvalue weighted by Gasteiger charge is -2.09. The van der Waals surface area contributed by atoms with Crippen molar-refractivity contribution in [1.82, 2.24) is 9.88 Å². The van der Waals surface area contributed by atoms with Gasteiger partial charge in [0.15, 0.2) is 0 Å². The lowest BCUT2D eigenvalue weighted by atomic mass is 10.1. The number of aryl methyl sites for hydroxylation is 2. The Morgan fingerprint density at radius 2 is 2.15 bits per heavy atom. The van der Waals surface area contributed by atoms with Crippen molar-refractivity contribution in [2.24, 2.45) is 0 Å². The van der Waals surface area contributed by atoms with Gasteiger partial charge in [0, 0.05) is 28.4 Å². The zero-order chi connectivity index (χ0) is 14.9. The van der Waals surface area contributed by atoms with Crippen molar-refractivity contribution >= 4 is 27.3 Å². The number of aromatic nitrogens is 1. The van der Waals surface area contributed by atoms with Crippen molar-refractivity contribution < 1.29 is 4.79 Å². The van der Waals surface area contributed by atoms with Crippen molar-refractivity contribution in [3.05, 3.63) is 33.1 Å². The summed E-state index contributed by atoms with van der Waals surface area (Å²) in [7, 11) is 0. The first kappa shape index (κ1) is 14.8. The molecule has 0 spiro atoms. The Kier molecular flexibility index (Phi) is 4.28. The number of hydrogen-bond acceptors (Lipinski definition) is 3. The summed E-state index contributed by atoms with van der Waals surface area (Å²) in [6.45, 7) is 8.43. The average molecular weight is 292 g/mol. The first-order chi connectivity index (χ1) is 9.45. The number of thiophene rings is 1. The molecule has 0 saturated heterocycles. The molecule has 1 amide bonds. The standard InChI is InChI=1S/C15H20N2O2S/c1-5-7-17-8-6-11-13(15(17)19)12(10(4)20-11)14(18)16-9(2)3/h6,8-9H,5,7H2,1-4H3,(H,16,18). The maximum atomic E-state index is 12.5. The molecule has 2 rings (SSSR count). The topological polar surface area (TPSA) is 51.1 Å². The van der Waals surface area contributed by atoms with Crippen LogP contribution >= 0.6 is 11.3 Å². The number of carbonyl (C=O) groups excluding carboxylic acids is 1. The van der Waals surface area contributed by atoms with E-state index in [0.717, 1.165) is 16.0 Å². The van der Waals surface area contributed by atoms with Crippen LogP contribution in [-0.2, 0) is 6.54 Å². The van der Waals surface area contributed by atoms with Gasteiger partial charge in [-0.2, -0.15) is 0 Å². The number of rotatable bonds is 4. The van der Waals surface area contributed by atoms with Crippen LogP contribution in [0.4, 0.5) is 0 Å². The molecule has 0 aliphatic heterocycles. The summed E-state index contributed by atoms with van der Waals surface area (Å²) in [5, 5.41) is 3.43. The van der Waals surface area contributed by atoms with Crippen LogP contribution in [0.2, 0.25) is 0 Å². The maximum Gasteiger partial charge on any atom is 0.260 e. The maximum absolute atomic E-state index is 12.5. The third kappa shape index (κ3) is 2.63. The van der Waals surface area contributed by atoms with E-state index in [-0.39, 0.29) is 17.5 Å². The zero-order valence-corrected chi connectivity index (χ0v) is 13.1. The van der Waals surface area contributed by atoms with E-state index in [0.29, 0.717) is 17.5 Å². The van der Waals surface area contributed by atoms with E-state index in [1.54, 1.807) is 4.57 Å². The van der Waals surface area contributed by atoms with Gasteiger partial charge in [-0.1, -0.05) is 6.92 Å². The van der Waals surface area contributed by atoms with Gasteiger partial charge in [0.2, 0.25) is 0 Å². The van der Waals surface area contributed by atoms with Gasteiger partial charge in [-0.3, -0.25) is 9.59 Å². The van der Waals surface area contributed by atoms with Gasteiger partial charge >= 0.3 is 0 Å². The summed E-state index contributed by atoms with van der Waals surface area (Å²) in [6, 6.07) is 1.98. The van der Waals surface area contributed by atoms with Crippen molar-refractivity contribution in [2.75, 3.05) is 0 Å². The van der Waals surface area contributed by atoms with Crippen molar-refractivity contribution in [2.45, 2.75) is 46.7 Å². The molecule has 0 radical (unpaired) electrons. The quantitative estimate of drug-likeness (QED) is 0.942. The number of pyridine rings is 1. The molecule has 2 aromatic rings. The van der Waals surface area contributed by atoms with E-state index < -0.39 is 0 Å². The second kappa shape index (κ2) is 5.79. The monoisotopic (exact) mass is 292 g/mol. The van der Waals surface area contributed by atoms with E-state index in [2.05, 4.69) is 5.32 Å². The van der Waals surface area contributed by atoms with Crippen LogP contribution in [-0.4, -0.2) is 16.5 Å². The van der Waals surface area contributed by atoms with E-state index in [9.17, 15) is 9.59 Å². The summed E-state index contributed by atoms with van der Waals surface area (Å²) in [5.41, 5.74) is 0.469. The number of nitrogens with one attached hydrogen (secondary N) is 1. The summed E-state index contributed by atoms with van der Waals surface area (Å²) in [5.74, 6) is -0.157. The van der Waals surface area contributed by atoms with Crippen LogP contribution in [0.15, 0.2) is 17.1 Å². The van der Waals surface area contributed by atoms with Gasteiger partial charge in [0.1, 0.15) is 0 Å².